The molecule has 2 N–H and O–H groups in total. The molecule has 0 bridgehead atoms. The Hall–Kier alpha value is -1.36. The van der Waals surface area contributed by atoms with Crippen LogP contribution in [0.15, 0.2) is 6.07 Å². The summed E-state index contributed by atoms with van der Waals surface area (Å²) in [4.78, 5) is 12.9. The zero-order valence-electron chi connectivity index (χ0n) is 10.1. The molecule has 88 valence electrons. The molecule has 0 aromatic carbocycles. The summed E-state index contributed by atoms with van der Waals surface area (Å²) in [5, 5.41) is 0. The average molecular weight is 221 g/mol. The van der Waals surface area contributed by atoms with Crippen molar-refractivity contribution in [3.63, 3.8) is 0 Å². The number of nitrogens with zero attached hydrogens (tertiary/aromatic N) is 4. The number of nitrogens with two attached hydrogens (primary N) is 1. The molecule has 5 heteroatoms. The van der Waals surface area contributed by atoms with E-state index < -0.39 is 0 Å². The Kier molecular flexibility index (Phi) is 2.96. The minimum atomic E-state index is 0.364. The SMILES string of the molecule is Cc1cc(N2CCC(N(C)C)C2)nc(N)n1. The highest BCUT2D eigenvalue weighted by Crippen LogP contribution is 2.21. The van der Waals surface area contributed by atoms with E-state index in [1.54, 1.807) is 0 Å². The summed E-state index contributed by atoms with van der Waals surface area (Å²) < 4.78 is 0. The summed E-state index contributed by atoms with van der Waals surface area (Å²) >= 11 is 0. The molecule has 16 heavy (non-hydrogen) atoms. The van der Waals surface area contributed by atoms with Crippen molar-refractivity contribution in [2.75, 3.05) is 37.8 Å². The number of hydrogen-bond acceptors (Lipinski definition) is 5. The molecule has 0 radical (unpaired) electrons. The van der Waals surface area contributed by atoms with Gasteiger partial charge in [0, 0.05) is 30.9 Å². The van der Waals surface area contributed by atoms with Crippen LogP contribution < -0.4 is 10.6 Å². The van der Waals surface area contributed by atoms with E-state index in [2.05, 4.69) is 33.9 Å². The number of likely N-dealkylation sites (N-methyl/N-ethyl adjacent to an activating group) is 1. The molecule has 1 atom stereocenters. The van der Waals surface area contributed by atoms with Crippen molar-refractivity contribution in [3.05, 3.63) is 11.8 Å². The number of anilines is 2. The second kappa shape index (κ2) is 4.25. The Morgan fingerprint density at radius 2 is 2.19 bits per heavy atom. The first kappa shape index (κ1) is 11.1. The molecule has 1 aliphatic heterocycles. The van der Waals surface area contributed by atoms with Crippen molar-refractivity contribution in [1.29, 1.82) is 0 Å². The van der Waals surface area contributed by atoms with Gasteiger partial charge in [0.25, 0.3) is 0 Å². The second-order valence-electron chi connectivity index (χ2n) is 4.58. The fraction of sp³-hybridized carbons (Fsp3) is 0.636. The molecular formula is C11H19N5. The Bertz CT molecular complexity index is 356. The van der Waals surface area contributed by atoms with E-state index in [4.69, 9.17) is 5.73 Å². The quantitative estimate of drug-likeness (QED) is 0.788. The summed E-state index contributed by atoms with van der Waals surface area (Å²) in [5.41, 5.74) is 6.59. The summed E-state index contributed by atoms with van der Waals surface area (Å²) in [6.07, 6.45) is 1.18. The smallest absolute Gasteiger partial charge is 0.222 e. The maximum absolute atomic E-state index is 5.66. The van der Waals surface area contributed by atoms with Crippen molar-refractivity contribution < 1.29 is 0 Å². The van der Waals surface area contributed by atoms with Gasteiger partial charge in [0.1, 0.15) is 5.82 Å². The van der Waals surface area contributed by atoms with Crippen LogP contribution in [0.1, 0.15) is 12.1 Å². The van der Waals surface area contributed by atoms with Crippen molar-refractivity contribution in [2.45, 2.75) is 19.4 Å². The van der Waals surface area contributed by atoms with Crippen molar-refractivity contribution in [1.82, 2.24) is 14.9 Å². The molecule has 1 aromatic heterocycles. The molecule has 1 aromatic rings. The maximum Gasteiger partial charge on any atom is 0.222 e. The van der Waals surface area contributed by atoms with Crippen LogP contribution in [0, 0.1) is 6.92 Å². The minimum absolute atomic E-state index is 0.364. The predicted molar refractivity (Wildman–Crippen MR) is 65.5 cm³/mol. The molecule has 0 saturated carbocycles. The molecule has 1 unspecified atom stereocenters. The highest BCUT2D eigenvalue weighted by molar-refractivity contribution is 5.44. The van der Waals surface area contributed by atoms with Gasteiger partial charge in [-0.1, -0.05) is 0 Å². The van der Waals surface area contributed by atoms with Crippen molar-refractivity contribution in [2.24, 2.45) is 0 Å². The van der Waals surface area contributed by atoms with Gasteiger partial charge in [-0.15, -0.1) is 0 Å². The third-order valence-corrected chi connectivity index (χ3v) is 3.08. The molecule has 1 aliphatic rings. The van der Waals surface area contributed by atoms with Crippen LogP contribution >= 0.6 is 0 Å². The van der Waals surface area contributed by atoms with E-state index in [-0.39, 0.29) is 0 Å². The standard InChI is InChI=1S/C11H19N5/c1-8-6-10(14-11(12)13-8)16-5-4-9(7-16)15(2)3/h6,9H,4-5,7H2,1-3H3,(H2,12,13,14). The molecule has 0 aliphatic carbocycles. The summed E-state index contributed by atoms with van der Waals surface area (Å²) in [7, 11) is 4.24. The van der Waals surface area contributed by atoms with E-state index in [1.807, 2.05) is 13.0 Å². The summed E-state index contributed by atoms with van der Waals surface area (Å²) in [6, 6.07) is 2.60. The Morgan fingerprint density at radius 3 is 2.75 bits per heavy atom. The van der Waals surface area contributed by atoms with Gasteiger partial charge in [0.05, 0.1) is 0 Å². The zero-order chi connectivity index (χ0) is 11.7. The molecule has 5 nitrogen and oxygen atoms in total. The van der Waals surface area contributed by atoms with Crippen LogP contribution in [0.2, 0.25) is 0 Å². The lowest BCUT2D eigenvalue weighted by atomic mass is 10.2. The second-order valence-corrected chi connectivity index (χ2v) is 4.58. The lowest BCUT2D eigenvalue weighted by Gasteiger charge is -2.21. The Morgan fingerprint density at radius 1 is 1.44 bits per heavy atom. The average Bonchev–Trinajstić information content (AvgIpc) is 2.64. The molecule has 2 heterocycles. The van der Waals surface area contributed by atoms with Gasteiger partial charge < -0.3 is 15.5 Å². The van der Waals surface area contributed by atoms with Crippen LogP contribution in [-0.2, 0) is 0 Å². The van der Waals surface area contributed by atoms with Gasteiger partial charge in [-0.05, 0) is 27.4 Å². The first-order chi connectivity index (χ1) is 7.56. The lowest BCUT2D eigenvalue weighted by Crippen LogP contribution is -2.31. The summed E-state index contributed by atoms with van der Waals surface area (Å²) in [6.45, 7) is 4.00. The molecule has 0 spiro atoms. The maximum atomic E-state index is 5.66. The third-order valence-electron chi connectivity index (χ3n) is 3.08. The number of aryl methyl sites for hydroxylation is 1. The van der Waals surface area contributed by atoms with Gasteiger partial charge in [-0.2, -0.15) is 4.98 Å². The number of aromatic nitrogens is 2. The number of hydrogen-bond donors (Lipinski definition) is 1. The van der Waals surface area contributed by atoms with Crippen LogP contribution in [0.4, 0.5) is 11.8 Å². The first-order valence-electron chi connectivity index (χ1n) is 5.59. The van der Waals surface area contributed by atoms with E-state index in [1.165, 1.54) is 6.42 Å². The van der Waals surface area contributed by atoms with Crippen LogP contribution in [0.3, 0.4) is 0 Å². The van der Waals surface area contributed by atoms with Gasteiger partial charge in [0.15, 0.2) is 0 Å². The molecule has 1 fully saturated rings. The first-order valence-corrected chi connectivity index (χ1v) is 5.59. The number of nitrogen functional groups attached to an aromatic ring is 1. The number of rotatable bonds is 2. The van der Waals surface area contributed by atoms with E-state index in [0.29, 0.717) is 12.0 Å². The van der Waals surface area contributed by atoms with Gasteiger partial charge in [0.2, 0.25) is 5.95 Å². The van der Waals surface area contributed by atoms with Crippen molar-refractivity contribution >= 4 is 11.8 Å². The largest absolute Gasteiger partial charge is 0.368 e. The fourth-order valence-electron chi connectivity index (χ4n) is 2.11. The fourth-order valence-corrected chi connectivity index (χ4v) is 2.11. The van der Waals surface area contributed by atoms with Crippen LogP contribution in [0.25, 0.3) is 0 Å². The highest BCUT2D eigenvalue weighted by atomic mass is 15.3. The highest BCUT2D eigenvalue weighted by Gasteiger charge is 2.25. The van der Waals surface area contributed by atoms with E-state index in [0.717, 1.165) is 24.6 Å². The Labute approximate surface area is 96.3 Å². The molecular weight excluding hydrogens is 202 g/mol. The molecule has 1 saturated heterocycles. The van der Waals surface area contributed by atoms with Gasteiger partial charge in [-0.3, -0.25) is 0 Å². The van der Waals surface area contributed by atoms with Crippen LogP contribution in [-0.4, -0.2) is 48.1 Å². The molecule has 2 rings (SSSR count). The van der Waals surface area contributed by atoms with Crippen molar-refractivity contribution in [3.8, 4) is 0 Å². The minimum Gasteiger partial charge on any atom is -0.368 e. The molecule has 0 amide bonds. The van der Waals surface area contributed by atoms with Crippen LogP contribution in [0.5, 0.6) is 0 Å². The summed E-state index contributed by atoms with van der Waals surface area (Å²) in [5.74, 6) is 1.32. The monoisotopic (exact) mass is 221 g/mol. The zero-order valence-corrected chi connectivity index (χ0v) is 10.1. The normalized spacial score (nSPS) is 20.8. The van der Waals surface area contributed by atoms with E-state index >= 15 is 0 Å². The van der Waals surface area contributed by atoms with E-state index in [9.17, 15) is 0 Å². The Balaban J connectivity index is 2.14. The van der Waals surface area contributed by atoms with Gasteiger partial charge in [-0.25, -0.2) is 4.98 Å². The van der Waals surface area contributed by atoms with Gasteiger partial charge >= 0.3 is 0 Å². The topological polar surface area (TPSA) is 58.3 Å². The third kappa shape index (κ3) is 2.24. The lowest BCUT2D eigenvalue weighted by molar-refractivity contribution is 0.315. The predicted octanol–water partition coefficient (Wildman–Crippen LogP) is 0.508.